The van der Waals surface area contributed by atoms with Gasteiger partial charge in [-0.05, 0) is 43.9 Å². The third kappa shape index (κ3) is 5.88. The zero-order valence-electron chi connectivity index (χ0n) is 15.0. The van der Waals surface area contributed by atoms with Crippen LogP contribution < -0.4 is 14.5 Å². The minimum atomic E-state index is -3.73. The van der Waals surface area contributed by atoms with Crippen LogP contribution in [0, 0.1) is 0 Å². The number of sulfonamides is 1. The van der Waals surface area contributed by atoms with Crippen LogP contribution in [0.25, 0.3) is 0 Å². The topological polar surface area (TPSA) is 88.1 Å². The molecule has 0 spiro atoms. The summed E-state index contributed by atoms with van der Waals surface area (Å²) in [6.45, 7) is -0.410. The number of amides is 1. The van der Waals surface area contributed by atoms with Crippen LogP contribution in [0.4, 0.5) is 5.69 Å². The van der Waals surface area contributed by atoms with Crippen LogP contribution in [-0.2, 0) is 14.8 Å². The highest BCUT2D eigenvalue weighted by Gasteiger charge is 2.24. The first-order valence-corrected chi connectivity index (χ1v) is 10.7. The van der Waals surface area contributed by atoms with Gasteiger partial charge in [-0.2, -0.15) is 5.10 Å². The van der Waals surface area contributed by atoms with Gasteiger partial charge in [-0.1, -0.05) is 24.4 Å². The zero-order chi connectivity index (χ0) is 19.2. The number of benzene rings is 1. The number of nitrogens with one attached hydrogen (secondary N) is 1. The van der Waals surface area contributed by atoms with Crippen molar-refractivity contribution in [2.45, 2.75) is 38.5 Å². The molecule has 26 heavy (non-hydrogen) atoms. The Balaban J connectivity index is 2.17. The summed E-state index contributed by atoms with van der Waals surface area (Å²) in [5.41, 5.74) is 3.63. The second-order valence-electron chi connectivity index (χ2n) is 6.21. The first-order valence-electron chi connectivity index (χ1n) is 8.47. The van der Waals surface area contributed by atoms with Gasteiger partial charge in [-0.25, -0.2) is 13.8 Å². The Labute approximate surface area is 159 Å². The monoisotopic (exact) mass is 401 g/mol. The molecule has 0 atom stereocenters. The molecule has 1 N–H and O–H groups in total. The van der Waals surface area contributed by atoms with Crippen molar-refractivity contribution in [2.75, 3.05) is 24.2 Å². The minimum absolute atomic E-state index is 0.208. The van der Waals surface area contributed by atoms with Crippen LogP contribution in [0.15, 0.2) is 23.3 Å². The highest BCUT2D eigenvalue weighted by Crippen LogP contribution is 2.32. The Kier molecular flexibility index (Phi) is 7.28. The van der Waals surface area contributed by atoms with Gasteiger partial charge in [-0.15, -0.1) is 0 Å². The summed E-state index contributed by atoms with van der Waals surface area (Å²) in [6.07, 6.45) is 7.20. The van der Waals surface area contributed by atoms with Crippen LogP contribution in [0.3, 0.4) is 0 Å². The maximum Gasteiger partial charge on any atom is 0.260 e. The number of nitrogens with zero attached hydrogens (tertiary/aromatic N) is 2. The lowest BCUT2D eigenvalue weighted by molar-refractivity contribution is -0.119. The summed E-state index contributed by atoms with van der Waals surface area (Å²) in [5.74, 6) is -0.211. The Morgan fingerprint density at radius 1 is 1.27 bits per heavy atom. The van der Waals surface area contributed by atoms with Gasteiger partial charge in [0.05, 0.1) is 19.1 Å². The van der Waals surface area contributed by atoms with Crippen molar-refractivity contribution in [1.82, 2.24) is 5.43 Å². The zero-order valence-corrected chi connectivity index (χ0v) is 16.6. The Hall–Kier alpha value is -1.80. The maximum atomic E-state index is 12.3. The van der Waals surface area contributed by atoms with Crippen molar-refractivity contribution in [1.29, 1.82) is 0 Å². The van der Waals surface area contributed by atoms with E-state index in [1.165, 1.54) is 26.0 Å². The highest BCUT2D eigenvalue weighted by atomic mass is 35.5. The predicted octanol–water partition coefficient (Wildman–Crippen LogP) is 2.94. The molecule has 1 saturated carbocycles. The molecule has 0 aromatic heterocycles. The number of rotatable bonds is 6. The van der Waals surface area contributed by atoms with E-state index >= 15 is 0 Å². The van der Waals surface area contributed by atoms with E-state index in [4.69, 9.17) is 16.3 Å². The summed E-state index contributed by atoms with van der Waals surface area (Å²) in [7, 11) is -2.30. The van der Waals surface area contributed by atoms with Gasteiger partial charge >= 0.3 is 0 Å². The number of halogens is 1. The standard InChI is InChI=1S/C17H24ClN3O4S/c1-25-16-10-9-13(18)11-15(16)21(26(2,23)24)12-17(22)20-19-14-7-5-3-4-6-8-14/h9-11H,3-8,12H2,1-2H3,(H,20,22). The van der Waals surface area contributed by atoms with Crippen molar-refractivity contribution in [3.05, 3.63) is 23.2 Å². The molecule has 1 fully saturated rings. The summed E-state index contributed by atoms with van der Waals surface area (Å²) in [4.78, 5) is 12.3. The number of anilines is 1. The second kappa shape index (κ2) is 9.23. The molecule has 144 valence electrons. The number of carbonyl (C=O) groups is 1. The molecule has 1 aromatic rings. The third-order valence-electron chi connectivity index (χ3n) is 4.12. The molecule has 1 aliphatic carbocycles. The van der Waals surface area contributed by atoms with Crippen molar-refractivity contribution in [3.63, 3.8) is 0 Å². The summed E-state index contributed by atoms with van der Waals surface area (Å²) in [6, 6.07) is 4.59. The quantitative estimate of drug-likeness (QED) is 0.586. The van der Waals surface area contributed by atoms with E-state index in [-0.39, 0.29) is 5.69 Å². The predicted molar refractivity (Wildman–Crippen MR) is 103 cm³/mol. The summed E-state index contributed by atoms with van der Waals surface area (Å²) < 4.78 is 30.6. The Morgan fingerprint density at radius 3 is 2.50 bits per heavy atom. The molecule has 0 aliphatic heterocycles. The Bertz CT molecular complexity index is 770. The van der Waals surface area contributed by atoms with Gasteiger partial charge in [0.15, 0.2) is 0 Å². The van der Waals surface area contributed by atoms with Crippen LogP contribution in [0.5, 0.6) is 5.75 Å². The fourth-order valence-electron chi connectivity index (χ4n) is 2.79. The van der Waals surface area contributed by atoms with E-state index in [2.05, 4.69) is 10.5 Å². The van der Waals surface area contributed by atoms with E-state index < -0.39 is 22.5 Å². The minimum Gasteiger partial charge on any atom is -0.495 e. The average molecular weight is 402 g/mol. The second-order valence-corrected chi connectivity index (χ2v) is 8.56. The fraction of sp³-hybridized carbons (Fsp3) is 0.529. The van der Waals surface area contributed by atoms with Gasteiger partial charge in [0.25, 0.3) is 5.91 Å². The molecule has 1 aliphatic rings. The van der Waals surface area contributed by atoms with Gasteiger partial charge < -0.3 is 4.74 Å². The van der Waals surface area contributed by atoms with Crippen LogP contribution >= 0.6 is 11.6 Å². The fourth-order valence-corrected chi connectivity index (χ4v) is 3.81. The molecule has 9 heteroatoms. The van der Waals surface area contributed by atoms with Crippen LogP contribution in [0.1, 0.15) is 38.5 Å². The molecule has 0 heterocycles. The maximum absolute atomic E-state index is 12.3. The summed E-state index contributed by atoms with van der Waals surface area (Å²) in [5, 5.41) is 4.51. The molecule has 7 nitrogen and oxygen atoms in total. The Morgan fingerprint density at radius 2 is 1.92 bits per heavy atom. The molecule has 0 radical (unpaired) electrons. The SMILES string of the molecule is COc1ccc(Cl)cc1N(CC(=O)NN=C1CCCCCC1)S(C)(=O)=O. The smallest absolute Gasteiger partial charge is 0.260 e. The lowest BCUT2D eigenvalue weighted by Gasteiger charge is -2.23. The number of hydrazone groups is 1. The van der Waals surface area contributed by atoms with Crippen molar-refractivity contribution < 1.29 is 17.9 Å². The van der Waals surface area contributed by atoms with Gasteiger partial charge in [-0.3, -0.25) is 9.10 Å². The van der Waals surface area contributed by atoms with Crippen molar-refractivity contribution in [3.8, 4) is 5.75 Å². The molecule has 0 bridgehead atoms. The molecule has 1 aromatic carbocycles. The number of hydrogen-bond donors (Lipinski definition) is 1. The van der Waals surface area contributed by atoms with Crippen molar-refractivity contribution >= 4 is 38.9 Å². The van der Waals surface area contributed by atoms with Gasteiger partial charge in [0.1, 0.15) is 12.3 Å². The molecular formula is C17H24ClN3O4S. The number of methoxy groups -OCH3 is 1. The number of ether oxygens (including phenoxy) is 1. The third-order valence-corrected chi connectivity index (χ3v) is 5.48. The first kappa shape index (κ1) is 20.5. The van der Waals surface area contributed by atoms with E-state index in [9.17, 15) is 13.2 Å². The lowest BCUT2D eigenvalue weighted by atomic mass is 10.2. The van der Waals surface area contributed by atoms with E-state index in [1.807, 2.05) is 0 Å². The van der Waals surface area contributed by atoms with Crippen LogP contribution in [0.2, 0.25) is 5.02 Å². The normalized spacial score (nSPS) is 15.1. The van der Waals surface area contributed by atoms with Crippen LogP contribution in [-0.4, -0.2) is 39.9 Å². The number of carbonyl (C=O) groups excluding carboxylic acids is 1. The van der Waals surface area contributed by atoms with E-state index in [0.717, 1.165) is 42.0 Å². The van der Waals surface area contributed by atoms with Crippen molar-refractivity contribution in [2.24, 2.45) is 5.10 Å². The highest BCUT2D eigenvalue weighted by molar-refractivity contribution is 7.92. The average Bonchev–Trinajstić information content (AvgIpc) is 2.85. The summed E-state index contributed by atoms with van der Waals surface area (Å²) >= 11 is 5.98. The lowest BCUT2D eigenvalue weighted by Crippen LogP contribution is -2.39. The molecular weight excluding hydrogens is 378 g/mol. The van der Waals surface area contributed by atoms with E-state index in [1.54, 1.807) is 12.1 Å². The number of hydrogen-bond acceptors (Lipinski definition) is 5. The van der Waals surface area contributed by atoms with Gasteiger partial charge in [0, 0.05) is 10.7 Å². The first-order chi connectivity index (χ1) is 12.3. The van der Waals surface area contributed by atoms with E-state index in [0.29, 0.717) is 10.8 Å². The molecule has 0 unspecified atom stereocenters. The molecule has 1 amide bonds. The van der Waals surface area contributed by atoms with Gasteiger partial charge in [0.2, 0.25) is 10.0 Å². The molecule has 2 rings (SSSR count). The largest absolute Gasteiger partial charge is 0.495 e. The molecule has 0 saturated heterocycles.